The molecule has 0 aromatic rings. The quantitative estimate of drug-likeness (QED) is 0.778. The van der Waals surface area contributed by atoms with Crippen molar-refractivity contribution in [3.8, 4) is 0 Å². The van der Waals surface area contributed by atoms with Crippen LogP contribution in [0.1, 0.15) is 71.1 Å². The van der Waals surface area contributed by atoms with E-state index in [0.717, 1.165) is 18.0 Å². The van der Waals surface area contributed by atoms with Gasteiger partial charge in [-0.15, -0.1) is 0 Å². The number of nitrogens with one attached hydrogen (secondary N) is 1. The average molecular weight is 266 g/mol. The second-order valence-electron chi connectivity index (χ2n) is 6.70. The maximum atomic E-state index is 3.61. The van der Waals surface area contributed by atoms with E-state index in [1.54, 1.807) is 0 Å². The summed E-state index contributed by atoms with van der Waals surface area (Å²) in [6.45, 7) is 5.08. The molecular weight excluding hydrogens is 232 g/mol. The summed E-state index contributed by atoms with van der Waals surface area (Å²) in [5.41, 5.74) is 0. The molecule has 2 heteroatoms. The molecule has 1 aliphatic carbocycles. The molecule has 3 atom stereocenters. The number of rotatable bonds is 4. The number of nitrogens with zero attached hydrogens (tertiary/aromatic N) is 1. The summed E-state index contributed by atoms with van der Waals surface area (Å²) in [5.74, 6) is 0.889. The van der Waals surface area contributed by atoms with Crippen LogP contribution in [0, 0.1) is 5.92 Å². The van der Waals surface area contributed by atoms with Crippen molar-refractivity contribution in [3.05, 3.63) is 0 Å². The summed E-state index contributed by atoms with van der Waals surface area (Å²) in [6.07, 6.45) is 14.3. The lowest BCUT2D eigenvalue weighted by Crippen LogP contribution is -2.44. The Balaban J connectivity index is 1.95. The Morgan fingerprint density at radius 2 is 1.68 bits per heavy atom. The van der Waals surface area contributed by atoms with Gasteiger partial charge in [0.1, 0.15) is 0 Å². The van der Waals surface area contributed by atoms with Gasteiger partial charge in [0.05, 0.1) is 0 Å². The smallest absolute Gasteiger partial charge is 0.0104 e. The highest BCUT2D eigenvalue weighted by Gasteiger charge is 2.27. The Kier molecular flexibility index (Phi) is 6.66. The maximum Gasteiger partial charge on any atom is 0.0104 e. The lowest BCUT2D eigenvalue weighted by molar-refractivity contribution is 0.145. The minimum absolute atomic E-state index is 0.767. The lowest BCUT2D eigenvalue weighted by atomic mass is 9.93. The molecule has 1 saturated heterocycles. The molecule has 2 aliphatic rings. The molecule has 0 aromatic heterocycles. The van der Waals surface area contributed by atoms with Crippen molar-refractivity contribution in [2.45, 2.75) is 83.2 Å². The Morgan fingerprint density at radius 3 is 2.47 bits per heavy atom. The van der Waals surface area contributed by atoms with Crippen molar-refractivity contribution in [2.24, 2.45) is 5.92 Å². The summed E-state index contributed by atoms with van der Waals surface area (Å²) in [4.78, 5) is 2.84. The van der Waals surface area contributed by atoms with E-state index in [1.165, 1.54) is 77.3 Å². The Labute approximate surface area is 120 Å². The van der Waals surface area contributed by atoms with E-state index >= 15 is 0 Å². The Hall–Kier alpha value is -0.0800. The Morgan fingerprint density at radius 1 is 0.947 bits per heavy atom. The summed E-state index contributed by atoms with van der Waals surface area (Å²) >= 11 is 0. The van der Waals surface area contributed by atoms with Gasteiger partial charge in [0, 0.05) is 18.6 Å². The van der Waals surface area contributed by atoms with Gasteiger partial charge in [0.15, 0.2) is 0 Å². The van der Waals surface area contributed by atoms with Gasteiger partial charge >= 0.3 is 0 Å². The molecule has 0 aromatic carbocycles. The minimum Gasteiger partial charge on any atom is -0.317 e. The first-order valence-corrected chi connectivity index (χ1v) is 8.76. The van der Waals surface area contributed by atoms with Crippen LogP contribution >= 0.6 is 0 Å². The predicted octanol–water partition coefficient (Wildman–Crippen LogP) is 3.81. The van der Waals surface area contributed by atoms with Gasteiger partial charge in [-0.2, -0.15) is 0 Å². The normalized spacial score (nSPS) is 34.7. The third kappa shape index (κ3) is 4.46. The SMILES string of the molecule is CCC1CCCCCN1CC1CCCCCC1NC. The third-order valence-corrected chi connectivity index (χ3v) is 5.47. The molecule has 1 N–H and O–H groups in total. The first kappa shape index (κ1) is 15.3. The van der Waals surface area contributed by atoms with Crippen molar-refractivity contribution < 1.29 is 0 Å². The standard InChI is InChI=1S/C17H34N2/c1-3-16-11-7-5-9-13-19(16)14-15-10-6-4-8-12-17(15)18-2/h15-18H,3-14H2,1-2H3. The van der Waals surface area contributed by atoms with E-state index in [1.807, 2.05) is 0 Å². The average Bonchev–Trinajstić information content (AvgIpc) is 2.79. The summed E-state index contributed by atoms with van der Waals surface area (Å²) in [5, 5.41) is 3.61. The molecule has 112 valence electrons. The maximum absolute atomic E-state index is 3.61. The van der Waals surface area contributed by atoms with E-state index < -0.39 is 0 Å². The molecule has 2 nitrogen and oxygen atoms in total. The largest absolute Gasteiger partial charge is 0.317 e. The second-order valence-corrected chi connectivity index (χ2v) is 6.70. The van der Waals surface area contributed by atoms with Gasteiger partial charge < -0.3 is 10.2 Å². The summed E-state index contributed by atoms with van der Waals surface area (Å²) < 4.78 is 0. The molecule has 2 fully saturated rings. The molecule has 0 spiro atoms. The van der Waals surface area contributed by atoms with E-state index in [-0.39, 0.29) is 0 Å². The molecule has 1 saturated carbocycles. The molecule has 0 radical (unpaired) electrons. The lowest BCUT2D eigenvalue weighted by Gasteiger charge is -2.35. The number of likely N-dealkylation sites (tertiary alicyclic amines) is 1. The Bertz CT molecular complexity index is 217. The van der Waals surface area contributed by atoms with Gasteiger partial charge in [-0.3, -0.25) is 0 Å². The molecule has 1 aliphatic heterocycles. The fourth-order valence-corrected chi connectivity index (χ4v) is 4.22. The van der Waals surface area contributed by atoms with E-state index in [4.69, 9.17) is 0 Å². The van der Waals surface area contributed by atoms with Crippen LogP contribution in [-0.2, 0) is 0 Å². The van der Waals surface area contributed by atoms with Crippen molar-refractivity contribution in [1.82, 2.24) is 10.2 Å². The molecule has 3 unspecified atom stereocenters. The zero-order chi connectivity index (χ0) is 13.5. The van der Waals surface area contributed by atoms with Crippen molar-refractivity contribution in [1.29, 1.82) is 0 Å². The second kappa shape index (κ2) is 8.26. The van der Waals surface area contributed by atoms with Gasteiger partial charge in [-0.05, 0) is 51.6 Å². The van der Waals surface area contributed by atoms with Crippen LogP contribution in [0.4, 0.5) is 0 Å². The van der Waals surface area contributed by atoms with E-state index in [0.29, 0.717) is 0 Å². The highest BCUT2D eigenvalue weighted by molar-refractivity contribution is 4.84. The monoisotopic (exact) mass is 266 g/mol. The summed E-state index contributed by atoms with van der Waals surface area (Å²) in [6, 6.07) is 1.63. The van der Waals surface area contributed by atoms with Crippen molar-refractivity contribution in [3.63, 3.8) is 0 Å². The van der Waals surface area contributed by atoms with Crippen LogP contribution in [0.15, 0.2) is 0 Å². The highest BCUT2D eigenvalue weighted by atomic mass is 15.2. The topological polar surface area (TPSA) is 15.3 Å². The first-order valence-electron chi connectivity index (χ1n) is 8.76. The number of hydrogen-bond acceptors (Lipinski definition) is 2. The van der Waals surface area contributed by atoms with Crippen molar-refractivity contribution >= 4 is 0 Å². The molecule has 2 rings (SSSR count). The van der Waals surface area contributed by atoms with Crippen LogP contribution < -0.4 is 5.32 Å². The predicted molar refractivity (Wildman–Crippen MR) is 83.5 cm³/mol. The fourth-order valence-electron chi connectivity index (χ4n) is 4.22. The fraction of sp³-hybridized carbons (Fsp3) is 1.00. The van der Waals surface area contributed by atoms with Gasteiger partial charge in [-0.25, -0.2) is 0 Å². The molecule has 19 heavy (non-hydrogen) atoms. The van der Waals surface area contributed by atoms with Gasteiger partial charge in [-0.1, -0.05) is 39.0 Å². The van der Waals surface area contributed by atoms with Gasteiger partial charge in [0.2, 0.25) is 0 Å². The first-order chi connectivity index (χ1) is 9.35. The minimum atomic E-state index is 0.767. The third-order valence-electron chi connectivity index (χ3n) is 5.47. The van der Waals surface area contributed by atoms with Crippen LogP contribution in [0.5, 0.6) is 0 Å². The van der Waals surface area contributed by atoms with Crippen molar-refractivity contribution in [2.75, 3.05) is 20.1 Å². The zero-order valence-corrected chi connectivity index (χ0v) is 13.2. The van der Waals surface area contributed by atoms with Crippen LogP contribution in [0.2, 0.25) is 0 Å². The van der Waals surface area contributed by atoms with Gasteiger partial charge in [0.25, 0.3) is 0 Å². The van der Waals surface area contributed by atoms with Crippen LogP contribution in [0.3, 0.4) is 0 Å². The van der Waals surface area contributed by atoms with Crippen LogP contribution in [0.25, 0.3) is 0 Å². The highest BCUT2D eigenvalue weighted by Crippen LogP contribution is 2.27. The summed E-state index contributed by atoms with van der Waals surface area (Å²) in [7, 11) is 2.17. The van der Waals surface area contributed by atoms with E-state index in [9.17, 15) is 0 Å². The van der Waals surface area contributed by atoms with E-state index in [2.05, 4.69) is 24.2 Å². The van der Waals surface area contributed by atoms with Crippen LogP contribution in [-0.4, -0.2) is 37.1 Å². The molecule has 1 heterocycles. The molecule has 0 amide bonds. The molecule has 0 bridgehead atoms. The zero-order valence-electron chi connectivity index (χ0n) is 13.2. The molecular formula is C17H34N2. The number of hydrogen-bond donors (Lipinski definition) is 1.